The predicted octanol–water partition coefficient (Wildman–Crippen LogP) is 2.90. The summed E-state index contributed by atoms with van der Waals surface area (Å²) < 4.78 is 16.3. The van der Waals surface area contributed by atoms with Crippen LogP contribution in [0.3, 0.4) is 0 Å². The van der Waals surface area contributed by atoms with Gasteiger partial charge in [0.2, 0.25) is 0 Å². The summed E-state index contributed by atoms with van der Waals surface area (Å²) in [7, 11) is 0. The second-order valence-electron chi connectivity index (χ2n) is 7.02. The highest BCUT2D eigenvalue weighted by atomic mass is 16.7. The predicted molar refractivity (Wildman–Crippen MR) is 87.8 cm³/mol. The minimum absolute atomic E-state index is 0.0604. The van der Waals surface area contributed by atoms with Crippen LogP contribution in [0, 0.1) is 5.92 Å². The Bertz CT molecular complexity index is 411. The highest BCUT2D eigenvalue weighted by Crippen LogP contribution is 2.26. The van der Waals surface area contributed by atoms with Crippen LogP contribution in [-0.4, -0.2) is 52.8 Å². The van der Waals surface area contributed by atoms with E-state index in [0.717, 1.165) is 0 Å². The molecule has 0 spiro atoms. The third-order valence-electron chi connectivity index (χ3n) is 3.82. The number of hydrogen-bond donors (Lipinski definition) is 1. The molecule has 1 amide bonds. The molecule has 0 bridgehead atoms. The van der Waals surface area contributed by atoms with Crippen LogP contribution in [0.25, 0.3) is 0 Å². The van der Waals surface area contributed by atoms with E-state index < -0.39 is 18.0 Å². The first-order chi connectivity index (χ1) is 10.5. The molecule has 1 fully saturated rings. The molecule has 1 heterocycles. The summed E-state index contributed by atoms with van der Waals surface area (Å²) in [6, 6.07) is 0.121. The van der Waals surface area contributed by atoms with E-state index in [9.17, 15) is 9.90 Å². The zero-order valence-corrected chi connectivity index (χ0v) is 15.3. The van der Waals surface area contributed by atoms with E-state index in [1.807, 2.05) is 48.5 Å². The maximum Gasteiger partial charge on any atom is 0.415 e. The summed E-state index contributed by atoms with van der Waals surface area (Å²) in [6.45, 7) is 13.6. The van der Waals surface area contributed by atoms with Gasteiger partial charge in [-0.2, -0.15) is 0 Å². The van der Waals surface area contributed by atoms with Gasteiger partial charge in [-0.05, 0) is 47.6 Å². The summed E-state index contributed by atoms with van der Waals surface area (Å²) in [5.74, 6) is -0.895. The molecule has 6 nitrogen and oxygen atoms in total. The van der Waals surface area contributed by atoms with E-state index in [-0.39, 0.29) is 24.1 Å². The van der Waals surface area contributed by atoms with Crippen molar-refractivity contribution in [2.24, 2.45) is 5.92 Å². The topological polar surface area (TPSA) is 68.2 Å². The Labute approximate surface area is 139 Å². The van der Waals surface area contributed by atoms with E-state index in [4.69, 9.17) is 14.2 Å². The van der Waals surface area contributed by atoms with Gasteiger partial charge in [0.25, 0.3) is 0 Å². The fourth-order valence-corrected chi connectivity index (χ4v) is 2.64. The summed E-state index contributed by atoms with van der Waals surface area (Å²) >= 11 is 0. The Morgan fingerprint density at radius 2 is 1.83 bits per heavy atom. The van der Waals surface area contributed by atoms with Crippen molar-refractivity contribution in [3.63, 3.8) is 0 Å². The van der Waals surface area contributed by atoms with Crippen molar-refractivity contribution in [1.29, 1.82) is 0 Å². The lowest BCUT2D eigenvalue weighted by Crippen LogP contribution is -2.41. The number of hydrogen-bond acceptors (Lipinski definition) is 5. The van der Waals surface area contributed by atoms with Crippen molar-refractivity contribution in [2.45, 2.75) is 78.5 Å². The summed E-state index contributed by atoms with van der Waals surface area (Å²) in [4.78, 5) is 13.7. The molecule has 134 valence electrons. The van der Waals surface area contributed by atoms with Gasteiger partial charge >= 0.3 is 6.09 Å². The standard InChI is InChI=1S/C17H31NO5/c1-11(2)18(12(3)4)16(20)21-9-8-13(5)15(19)14-10-22-17(6,7)23-14/h8-9,11-15,19H,10H2,1-7H3/b9-8-/t13-,14-,15-/m1/s1. The Kier molecular flexibility index (Phi) is 7.04. The van der Waals surface area contributed by atoms with Crippen LogP contribution < -0.4 is 0 Å². The lowest BCUT2D eigenvalue weighted by molar-refractivity contribution is -0.153. The van der Waals surface area contributed by atoms with Gasteiger partial charge < -0.3 is 24.2 Å². The lowest BCUT2D eigenvalue weighted by atomic mass is 10.0. The van der Waals surface area contributed by atoms with Gasteiger partial charge in [0.15, 0.2) is 5.79 Å². The summed E-state index contributed by atoms with van der Waals surface area (Å²) in [5.41, 5.74) is 0. The van der Waals surface area contributed by atoms with Gasteiger partial charge in [-0.15, -0.1) is 0 Å². The van der Waals surface area contributed by atoms with Gasteiger partial charge in [-0.3, -0.25) is 0 Å². The molecule has 1 saturated heterocycles. The van der Waals surface area contributed by atoms with Crippen molar-refractivity contribution >= 4 is 6.09 Å². The number of nitrogens with zero attached hydrogens (tertiary/aromatic N) is 1. The molecule has 23 heavy (non-hydrogen) atoms. The SMILES string of the molecule is CC(C)N(C(=O)O/C=C\[C@@H](C)[C@@H](O)[C@H]1COC(C)(C)O1)C(C)C. The van der Waals surface area contributed by atoms with Crippen LogP contribution in [0.1, 0.15) is 48.5 Å². The zero-order chi connectivity index (χ0) is 17.8. The first-order valence-corrected chi connectivity index (χ1v) is 8.20. The molecule has 3 atom stereocenters. The van der Waals surface area contributed by atoms with Crippen molar-refractivity contribution in [1.82, 2.24) is 4.90 Å². The van der Waals surface area contributed by atoms with Crippen LogP contribution in [0.4, 0.5) is 4.79 Å². The van der Waals surface area contributed by atoms with Crippen molar-refractivity contribution < 1.29 is 24.1 Å². The molecule has 1 rings (SSSR count). The summed E-state index contributed by atoms with van der Waals surface area (Å²) in [5, 5.41) is 10.3. The van der Waals surface area contributed by atoms with E-state index in [1.165, 1.54) is 6.26 Å². The van der Waals surface area contributed by atoms with E-state index in [0.29, 0.717) is 6.61 Å². The van der Waals surface area contributed by atoms with Crippen molar-refractivity contribution in [2.75, 3.05) is 6.61 Å². The third-order valence-corrected chi connectivity index (χ3v) is 3.82. The molecular formula is C17H31NO5. The van der Waals surface area contributed by atoms with Crippen LogP contribution in [0.2, 0.25) is 0 Å². The molecule has 0 aromatic rings. The van der Waals surface area contributed by atoms with Crippen molar-refractivity contribution in [3.8, 4) is 0 Å². The number of ether oxygens (including phenoxy) is 3. The van der Waals surface area contributed by atoms with Gasteiger partial charge in [0.05, 0.1) is 19.0 Å². The number of carbonyl (C=O) groups is 1. The zero-order valence-electron chi connectivity index (χ0n) is 15.3. The monoisotopic (exact) mass is 329 g/mol. The average molecular weight is 329 g/mol. The molecule has 0 aliphatic carbocycles. The van der Waals surface area contributed by atoms with E-state index >= 15 is 0 Å². The van der Waals surface area contributed by atoms with E-state index in [1.54, 1.807) is 11.0 Å². The highest BCUT2D eigenvalue weighted by Gasteiger charge is 2.38. The maximum absolute atomic E-state index is 12.1. The number of rotatable bonds is 6. The Morgan fingerprint density at radius 1 is 1.26 bits per heavy atom. The molecule has 0 aromatic carbocycles. The van der Waals surface area contributed by atoms with Crippen molar-refractivity contribution in [3.05, 3.63) is 12.3 Å². The Balaban J connectivity index is 2.52. The normalized spacial score (nSPS) is 23.5. The fourth-order valence-electron chi connectivity index (χ4n) is 2.64. The minimum Gasteiger partial charge on any atom is -0.418 e. The van der Waals surface area contributed by atoms with Gasteiger partial charge in [-0.25, -0.2) is 4.79 Å². The van der Waals surface area contributed by atoms with Crippen LogP contribution in [0.15, 0.2) is 12.3 Å². The number of aliphatic hydroxyl groups excluding tert-OH is 1. The third kappa shape index (κ3) is 5.79. The largest absolute Gasteiger partial charge is 0.418 e. The fraction of sp³-hybridized carbons (Fsp3) is 0.824. The first-order valence-electron chi connectivity index (χ1n) is 8.20. The highest BCUT2D eigenvalue weighted by molar-refractivity contribution is 5.68. The molecule has 1 aliphatic heterocycles. The first kappa shape index (κ1) is 19.9. The quantitative estimate of drug-likeness (QED) is 0.759. The molecule has 0 aromatic heterocycles. The van der Waals surface area contributed by atoms with Gasteiger partial charge in [-0.1, -0.05) is 6.92 Å². The molecule has 0 saturated carbocycles. The molecule has 0 unspecified atom stereocenters. The van der Waals surface area contributed by atoms with Crippen LogP contribution in [-0.2, 0) is 14.2 Å². The van der Waals surface area contributed by atoms with Crippen LogP contribution >= 0.6 is 0 Å². The summed E-state index contributed by atoms with van der Waals surface area (Å²) in [6.07, 6.45) is 1.50. The van der Waals surface area contributed by atoms with Crippen LogP contribution in [0.5, 0.6) is 0 Å². The molecule has 1 N–H and O–H groups in total. The van der Waals surface area contributed by atoms with Gasteiger partial charge in [0.1, 0.15) is 6.10 Å². The Hall–Kier alpha value is -1.11. The Morgan fingerprint density at radius 3 is 2.26 bits per heavy atom. The van der Waals surface area contributed by atoms with Gasteiger partial charge in [0, 0.05) is 18.0 Å². The number of amides is 1. The maximum atomic E-state index is 12.1. The second kappa shape index (κ2) is 8.13. The smallest absolute Gasteiger partial charge is 0.415 e. The second-order valence-corrected chi connectivity index (χ2v) is 7.02. The number of carbonyl (C=O) groups excluding carboxylic acids is 1. The molecule has 1 aliphatic rings. The molecule has 6 heteroatoms. The van der Waals surface area contributed by atoms with E-state index in [2.05, 4.69) is 0 Å². The minimum atomic E-state index is -0.724. The molecular weight excluding hydrogens is 298 g/mol. The average Bonchev–Trinajstić information content (AvgIpc) is 2.77. The molecule has 0 radical (unpaired) electrons. The number of aliphatic hydroxyl groups is 1. The lowest BCUT2D eigenvalue weighted by Gasteiger charge is -2.29.